The Labute approximate surface area is 240 Å². The van der Waals surface area contributed by atoms with Gasteiger partial charge in [0.05, 0.1) is 25.0 Å². The Bertz CT molecular complexity index is 1500. The number of ether oxygens (including phenoxy) is 3. The van der Waals surface area contributed by atoms with Crippen LogP contribution in [0.3, 0.4) is 0 Å². The molecule has 0 spiro atoms. The van der Waals surface area contributed by atoms with Crippen molar-refractivity contribution in [1.82, 2.24) is 25.4 Å². The highest BCUT2D eigenvalue weighted by atomic mass is 16.6. The predicted octanol–water partition coefficient (Wildman–Crippen LogP) is 2.51. The van der Waals surface area contributed by atoms with E-state index in [2.05, 4.69) is 25.8 Å². The van der Waals surface area contributed by atoms with Gasteiger partial charge in [-0.15, -0.1) is 0 Å². The standard InChI is InChI=1S/C28H29N7O7/c36-25-16-40-23-4-5-24(31-26(23)32-25)35-15-19(42-28(35)39)6-8-29-12-17-2-1-3-18(10-17)22-11-21(13-30-33-22)41-20-7-9-34(14-20)27(37)38/h1-5,10-11,13,19-20,29H,6-9,12,14-16H2,(H,37,38)(H,31,32,36). The molecule has 3 aromatic rings. The van der Waals surface area contributed by atoms with Crippen molar-refractivity contribution < 1.29 is 33.7 Å². The normalized spacial score (nSPS) is 19.6. The van der Waals surface area contributed by atoms with Gasteiger partial charge in [-0.1, -0.05) is 18.2 Å². The predicted molar refractivity (Wildman–Crippen MR) is 148 cm³/mol. The van der Waals surface area contributed by atoms with Gasteiger partial charge in [0.15, 0.2) is 18.2 Å². The van der Waals surface area contributed by atoms with Gasteiger partial charge in [0, 0.05) is 31.1 Å². The Balaban J connectivity index is 0.991. The van der Waals surface area contributed by atoms with Crippen LogP contribution in [0.5, 0.6) is 11.5 Å². The average Bonchev–Trinajstić information content (AvgIpc) is 3.61. The lowest BCUT2D eigenvalue weighted by molar-refractivity contribution is -0.118. The number of amides is 3. The van der Waals surface area contributed by atoms with Crippen molar-refractivity contribution in [2.75, 3.05) is 43.0 Å². The highest BCUT2D eigenvalue weighted by Gasteiger charge is 2.33. The summed E-state index contributed by atoms with van der Waals surface area (Å²) in [5.41, 5.74) is 2.58. The van der Waals surface area contributed by atoms with Crippen molar-refractivity contribution in [3.05, 3.63) is 54.2 Å². The molecular weight excluding hydrogens is 546 g/mol. The van der Waals surface area contributed by atoms with Crippen molar-refractivity contribution in [2.24, 2.45) is 0 Å². The molecule has 3 aliphatic heterocycles. The molecule has 3 amide bonds. The zero-order valence-corrected chi connectivity index (χ0v) is 22.6. The fourth-order valence-corrected chi connectivity index (χ4v) is 5.04. The third-order valence-corrected chi connectivity index (χ3v) is 7.15. The second-order valence-electron chi connectivity index (χ2n) is 10.2. The third kappa shape index (κ3) is 6.17. The number of rotatable bonds is 9. The van der Waals surface area contributed by atoms with Crippen LogP contribution in [0.2, 0.25) is 0 Å². The minimum absolute atomic E-state index is 0.0631. The number of hydrogen-bond donors (Lipinski definition) is 3. The van der Waals surface area contributed by atoms with Gasteiger partial charge < -0.3 is 34.9 Å². The monoisotopic (exact) mass is 575 g/mol. The second-order valence-corrected chi connectivity index (χ2v) is 10.2. The van der Waals surface area contributed by atoms with Crippen LogP contribution in [-0.4, -0.2) is 88.3 Å². The molecule has 3 N–H and O–H groups in total. The first-order chi connectivity index (χ1) is 20.4. The van der Waals surface area contributed by atoms with Crippen molar-refractivity contribution in [1.29, 1.82) is 0 Å². The number of nitrogens with zero attached hydrogens (tertiary/aromatic N) is 5. The lowest BCUT2D eigenvalue weighted by atomic mass is 10.1. The molecule has 1 aromatic carbocycles. The van der Waals surface area contributed by atoms with Crippen LogP contribution in [0.4, 0.5) is 21.2 Å². The maximum atomic E-state index is 12.5. The SMILES string of the molecule is O=C1COc2ccc(N3CC(CCNCc4cccc(-c5cc(OC6CCN(C(=O)O)C6)cnn5)c4)OC3=O)nc2N1. The molecule has 2 fully saturated rings. The van der Waals surface area contributed by atoms with E-state index < -0.39 is 12.2 Å². The molecule has 6 rings (SSSR count). The fourth-order valence-electron chi connectivity index (χ4n) is 5.04. The van der Waals surface area contributed by atoms with Gasteiger partial charge in [-0.3, -0.25) is 9.69 Å². The van der Waals surface area contributed by atoms with Crippen molar-refractivity contribution in [3.63, 3.8) is 0 Å². The number of likely N-dealkylation sites (tertiary alicyclic amines) is 1. The lowest BCUT2D eigenvalue weighted by Crippen LogP contribution is -2.29. The molecule has 5 heterocycles. The van der Waals surface area contributed by atoms with Crippen LogP contribution in [0.1, 0.15) is 18.4 Å². The van der Waals surface area contributed by atoms with Crippen LogP contribution < -0.4 is 25.0 Å². The first-order valence-corrected chi connectivity index (χ1v) is 13.6. The van der Waals surface area contributed by atoms with Crippen LogP contribution >= 0.6 is 0 Å². The number of carboxylic acid groups (broad SMARTS) is 1. The van der Waals surface area contributed by atoms with Gasteiger partial charge >= 0.3 is 12.2 Å². The maximum Gasteiger partial charge on any atom is 0.415 e. The number of carbonyl (C=O) groups excluding carboxylic acids is 2. The molecule has 2 saturated heterocycles. The summed E-state index contributed by atoms with van der Waals surface area (Å²) in [5.74, 6) is 1.39. The van der Waals surface area contributed by atoms with E-state index in [1.165, 1.54) is 16.0 Å². The van der Waals surface area contributed by atoms with Crippen LogP contribution in [0.15, 0.2) is 48.7 Å². The molecular formula is C28H29N7O7. The first-order valence-electron chi connectivity index (χ1n) is 13.6. The van der Waals surface area contributed by atoms with Crippen molar-refractivity contribution >= 4 is 29.7 Å². The second kappa shape index (κ2) is 11.9. The number of hydrogen-bond acceptors (Lipinski definition) is 10. The molecule has 2 aromatic heterocycles. The molecule has 3 aliphatic rings. The van der Waals surface area contributed by atoms with E-state index in [9.17, 15) is 14.4 Å². The number of nitrogens with one attached hydrogen (secondary N) is 2. The van der Waals surface area contributed by atoms with Gasteiger partial charge in [0.25, 0.3) is 5.91 Å². The summed E-state index contributed by atoms with van der Waals surface area (Å²) in [4.78, 5) is 42.4. The van der Waals surface area contributed by atoms with Gasteiger partial charge in [0.2, 0.25) is 0 Å². The maximum absolute atomic E-state index is 12.5. The van der Waals surface area contributed by atoms with Crippen LogP contribution in [0, 0.1) is 0 Å². The fraction of sp³-hybridized carbons (Fsp3) is 0.357. The minimum Gasteiger partial charge on any atom is -0.487 e. The Morgan fingerprint density at radius 2 is 2.10 bits per heavy atom. The summed E-state index contributed by atoms with van der Waals surface area (Å²) in [7, 11) is 0. The lowest BCUT2D eigenvalue weighted by Gasteiger charge is -2.19. The highest BCUT2D eigenvalue weighted by Crippen LogP contribution is 2.30. The minimum atomic E-state index is -0.943. The quantitative estimate of drug-likeness (QED) is 0.321. The third-order valence-electron chi connectivity index (χ3n) is 7.15. The van der Waals surface area contributed by atoms with E-state index >= 15 is 0 Å². The Morgan fingerprint density at radius 3 is 2.95 bits per heavy atom. The van der Waals surface area contributed by atoms with E-state index in [4.69, 9.17) is 19.3 Å². The summed E-state index contributed by atoms with van der Waals surface area (Å²) < 4.78 is 16.8. The topological polar surface area (TPSA) is 168 Å². The van der Waals surface area contributed by atoms with Gasteiger partial charge in [-0.25, -0.2) is 14.6 Å². The summed E-state index contributed by atoms with van der Waals surface area (Å²) in [6, 6.07) is 13.1. The van der Waals surface area contributed by atoms with E-state index in [-0.39, 0.29) is 30.5 Å². The van der Waals surface area contributed by atoms with E-state index in [0.29, 0.717) is 68.6 Å². The van der Waals surface area contributed by atoms with Gasteiger partial charge in [0.1, 0.15) is 23.8 Å². The van der Waals surface area contributed by atoms with E-state index in [1.807, 2.05) is 30.3 Å². The number of aromatic nitrogens is 3. The number of carbonyl (C=O) groups is 3. The summed E-state index contributed by atoms with van der Waals surface area (Å²) in [6.07, 6.45) is 0.821. The summed E-state index contributed by atoms with van der Waals surface area (Å²) >= 11 is 0. The average molecular weight is 576 g/mol. The largest absolute Gasteiger partial charge is 0.487 e. The number of fused-ring (bicyclic) bond motifs is 1. The molecule has 14 nitrogen and oxygen atoms in total. The molecule has 2 unspecified atom stereocenters. The molecule has 0 saturated carbocycles. The zero-order valence-electron chi connectivity index (χ0n) is 22.6. The molecule has 0 bridgehead atoms. The molecule has 2 atom stereocenters. The van der Waals surface area contributed by atoms with Crippen LogP contribution in [0.25, 0.3) is 11.3 Å². The molecule has 218 valence electrons. The van der Waals surface area contributed by atoms with Crippen molar-refractivity contribution in [2.45, 2.75) is 31.6 Å². The smallest absolute Gasteiger partial charge is 0.415 e. The highest BCUT2D eigenvalue weighted by molar-refractivity contribution is 5.95. The van der Waals surface area contributed by atoms with Crippen molar-refractivity contribution in [3.8, 4) is 22.8 Å². The first kappa shape index (κ1) is 27.2. The molecule has 0 aliphatic carbocycles. The Kier molecular flexibility index (Phi) is 7.68. The summed E-state index contributed by atoms with van der Waals surface area (Å²) in [5, 5.41) is 23.5. The number of cyclic esters (lactones) is 1. The number of anilines is 2. The van der Waals surface area contributed by atoms with Gasteiger partial charge in [-0.2, -0.15) is 10.2 Å². The Hall–Kier alpha value is -4.98. The number of benzene rings is 1. The number of pyridine rings is 1. The van der Waals surface area contributed by atoms with E-state index in [0.717, 1.165) is 11.1 Å². The molecule has 14 heteroatoms. The van der Waals surface area contributed by atoms with E-state index in [1.54, 1.807) is 12.1 Å². The zero-order chi connectivity index (χ0) is 29.1. The molecule has 0 radical (unpaired) electrons. The Morgan fingerprint density at radius 1 is 1.19 bits per heavy atom. The van der Waals surface area contributed by atoms with Gasteiger partial charge in [-0.05, 0) is 36.7 Å². The molecule has 42 heavy (non-hydrogen) atoms. The van der Waals surface area contributed by atoms with Crippen LogP contribution in [-0.2, 0) is 16.1 Å². The summed E-state index contributed by atoms with van der Waals surface area (Å²) in [6.45, 7) is 2.28.